The van der Waals surface area contributed by atoms with Crippen LogP contribution < -0.4 is 20.4 Å². The molecule has 2 heterocycles. The lowest BCUT2D eigenvalue weighted by Crippen LogP contribution is -2.44. The van der Waals surface area contributed by atoms with Crippen molar-refractivity contribution >= 4 is 29.8 Å². The summed E-state index contributed by atoms with van der Waals surface area (Å²) < 4.78 is 65.0. The maximum atomic E-state index is 13.2. The fraction of sp³-hybridized carbons (Fsp3) is 0.500. The number of ether oxygens (including phenoxy) is 4. The number of halogens is 3. The number of rotatable bonds is 14. The van der Waals surface area contributed by atoms with Crippen molar-refractivity contribution in [1.29, 1.82) is 5.41 Å². The number of alkyl halides is 3. The molecule has 3 aromatic rings. The Bertz CT molecular complexity index is 1940. The minimum Gasteiger partial charge on any atom is -0.494 e. The van der Waals surface area contributed by atoms with Gasteiger partial charge in [-0.1, -0.05) is 0 Å². The van der Waals surface area contributed by atoms with Gasteiger partial charge in [-0.2, -0.15) is 18.2 Å². The average Bonchev–Trinajstić information content (AvgIpc) is 3.50. The maximum absolute atomic E-state index is 13.2. The van der Waals surface area contributed by atoms with Gasteiger partial charge in [0, 0.05) is 49.7 Å². The Morgan fingerprint density at radius 2 is 1.32 bits per heavy atom. The summed E-state index contributed by atoms with van der Waals surface area (Å²) in [4.78, 5) is 46.1. The van der Waals surface area contributed by atoms with E-state index in [-0.39, 0.29) is 11.5 Å². The largest absolute Gasteiger partial charge is 0.494 e. The molecule has 1 aliphatic heterocycles. The quantitative estimate of drug-likeness (QED) is 0.0988. The number of aliphatic imine (C=N–C) groups is 1. The zero-order chi connectivity index (χ0) is 41.8. The molecule has 1 aromatic heterocycles. The average molecular weight is 800 g/mol. The van der Waals surface area contributed by atoms with Gasteiger partial charge in [-0.25, -0.2) is 9.59 Å². The van der Waals surface area contributed by atoms with Gasteiger partial charge in [0.15, 0.2) is 0 Å². The molecule has 0 unspecified atom stereocenters. The molecule has 2 N–H and O–H groups in total. The Kier molecular flexibility index (Phi) is 15.1. The van der Waals surface area contributed by atoms with Crippen molar-refractivity contribution in [3.8, 4) is 11.5 Å². The first-order valence-corrected chi connectivity index (χ1v) is 18.8. The van der Waals surface area contributed by atoms with Gasteiger partial charge in [-0.3, -0.25) is 25.4 Å². The van der Waals surface area contributed by atoms with E-state index in [9.17, 15) is 27.6 Å². The SMILES string of the molecule is CC(C)(C)OC(=O)NC(=N)c1ccc(OCCCCn2ccn(CCCCOc3ccc(C4=NCCCN4C(=O)OC(C)(C)C)cc3)/c2=N/C(=O)C(F)(F)F)cc1. The number of carbonyl (C=O) groups is 3. The van der Waals surface area contributed by atoms with Gasteiger partial charge in [0.1, 0.15) is 34.4 Å². The van der Waals surface area contributed by atoms with E-state index in [1.54, 1.807) is 74.5 Å². The second kappa shape index (κ2) is 19.5. The number of alkyl carbamates (subject to hydrolysis) is 1. The highest BCUT2D eigenvalue weighted by Gasteiger charge is 2.39. The minimum atomic E-state index is -5.11. The third-order valence-corrected chi connectivity index (χ3v) is 8.06. The highest BCUT2D eigenvalue weighted by atomic mass is 19.4. The van der Waals surface area contributed by atoms with E-state index in [4.69, 9.17) is 24.4 Å². The van der Waals surface area contributed by atoms with Crippen LogP contribution in [0.5, 0.6) is 11.5 Å². The Labute approximate surface area is 330 Å². The standard InChI is InChI=1S/C40H52F3N7O7/c1-38(2,3)56-36(52)46-32(44)28-12-16-30(17-13-28)54-26-9-7-21-48-24-25-49(35(48)47-34(51)40(41,42)43)22-8-10-27-55-31-18-14-29(15-19-31)33-45-20-11-23-50(33)37(53)57-39(4,5)6/h12-19,24-25H,7-11,20-23,26-27H2,1-6H3,(H2,44,46,52)/b47-35+. The summed E-state index contributed by atoms with van der Waals surface area (Å²) in [5.41, 5.74) is -0.217. The molecule has 4 rings (SSSR count). The van der Waals surface area contributed by atoms with Crippen LogP contribution in [0.25, 0.3) is 0 Å². The zero-order valence-corrected chi connectivity index (χ0v) is 33.3. The zero-order valence-electron chi connectivity index (χ0n) is 33.3. The van der Waals surface area contributed by atoms with Crippen molar-refractivity contribution in [3.05, 3.63) is 77.7 Å². The normalized spacial score (nSPS) is 13.8. The van der Waals surface area contributed by atoms with E-state index in [0.29, 0.717) is 88.0 Å². The lowest BCUT2D eigenvalue weighted by Gasteiger charge is -2.30. The van der Waals surface area contributed by atoms with E-state index in [1.807, 2.05) is 32.9 Å². The van der Waals surface area contributed by atoms with Crippen LogP contribution in [0.3, 0.4) is 0 Å². The van der Waals surface area contributed by atoms with Crippen molar-refractivity contribution < 1.29 is 46.5 Å². The monoisotopic (exact) mass is 799 g/mol. The number of unbranched alkanes of at least 4 members (excludes halogenated alkanes) is 2. The Morgan fingerprint density at radius 3 is 1.82 bits per heavy atom. The number of benzene rings is 2. The van der Waals surface area contributed by atoms with E-state index in [1.165, 1.54) is 9.13 Å². The number of imidazole rings is 1. The Balaban J connectivity index is 1.25. The molecule has 310 valence electrons. The van der Waals surface area contributed by atoms with Crippen molar-refractivity contribution in [2.75, 3.05) is 26.3 Å². The van der Waals surface area contributed by atoms with Crippen LogP contribution in [0.4, 0.5) is 22.8 Å². The number of aromatic nitrogens is 2. The number of nitrogens with one attached hydrogen (secondary N) is 2. The molecule has 0 aliphatic carbocycles. The van der Waals surface area contributed by atoms with Gasteiger partial charge in [-0.15, -0.1) is 0 Å². The lowest BCUT2D eigenvalue weighted by atomic mass is 10.1. The predicted molar refractivity (Wildman–Crippen MR) is 207 cm³/mol. The molecule has 0 atom stereocenters. The molecule has 14 nitrogen and oxygen atoms in total. The van der Waals surface area contributed by atoms with Crippen LogP contribution >= 0.6 is 0 Å². The number of carbonyl (C=O) groups excluding carboxylic acids is 3. The number of amides is 3. The lowest BCUT2D eigenvalue weighted by molar-refractivity contribution is -0.169. The molecular formula is C40H52F3N7O7. The topological polar surface area (TPSA) is 162 Å². The summed E-state index contributed by atoms with van der Waals surface area (Å²) in [6.45, 7) is 13.0. The first-order chi connectivity index (χ1) is 26.8. The highest BCUT2D eigenvalue weighted by Crippen LogP contribution is 2.20. The van der Waals surface area contributed by atoms with Crippen molar-refractivity contribution in [2.45, 2.75) is 104 Å². The summed E-state index contributed by atoms with van der Waals surface area (Å²) in [5.74, 6) is -0.615. The molecule has 0 saturated heterocycles. The van der Waals surface area contributed by atoms with Crippen molar-refractivity contribution in [2.24, 2.45) is 9.98 Å². The number of aryl methyl sites for hydroxylation is 2. The van der Waals surface area contributed by atoms with Crippen LogP contribution in [0.15, 0.2) is 70.9 Å². The summed E-state index contributed by atoms with van der Waals surface area (Å²) in [7, 11) is 0. The van der Waals surface area contributed by atoms with Crippen LogP contribution in [-0.4, -0.2) is 87.5 Å². The second-order valence-electron chi connectivity index (χ2n) is 15.3. The molecule has 0 saturated carbocycles. The number of hydrogen-bond donors (Lipinski definition) is 2. The van der Waals surface area contributed by atoms with E-state index in [2.05, 4.69) is 15.3 Å². The Morgan fingerprint density at radius 1 is 0.789 bits per heavy atom. The van der Waals surface area contributed by atoms with Crippen LogP contribution in [-0.2, 0) is 27.4 Å². The van der Waals surface area contributed by atoms with E-state index in [0.717, 1.165) is 12.0 Å². The third kappa shape index (κ3) is 14.4. The Hall–Kier alpha value is -5.61. The summed E-state index contributed by atoms with van der Waals surface area (Å²) in [5, 5.41) is 10.5. The first-order valence-electron chi connectivity index (χ1n) is 18.8. The maximum Gasteiger partial charge on any atom is 0.473 e. The minimum absolute atomic E-state index is 0.0983. The molecular weight excluding hydrogens is 747 g/mol. The third-order valence-electron chi connectivity index (χ3n) is 8.06. The molecule has 0 spiro atoms. The fourth-order valence-electron chi connectivity index (χ4n) is 5.48. The van der Waals surface area contributed by atoms with Gasteiger partial charge in [0.25, 0.3) is 0 Å². The number of nitrogens with zero attached hydrogens (tertiary/aromatic N) is 5. The van der Waals surface area contributed by atoms with Gasteiger partial charge in [-0.05, 0) is 122 Å². The molecule has 2 aromatic carbocycles. The van der Waals surface area contributed by atoms with Crippen molar-refractivity contribution in [3.63, 3.8) is 0 Å². The van der Waals surface area contributed by atoms with Gasteiger partial charge in [0.05, 0.1) is 13.2 Å². The summed E-state index contributed by atoms with van der Waals surface area (Å²) in [6, 6.07) is 13.8. The van der Waals surface area contributed by atoms with Gasteiger partial charge >= 0.3 is 24.3 Å². The number of hydrogen-bond acceptors (Lipinski definition) is 9. The molecule has 0 radical (unpaired) electrons. The van der Waals surface area contributed by atoms with Crippen LogP contribution in [0, 0.1) is 5.41 Å². The van der Waals surface area contributed by atoms with Crippen molar-refractivity contribution in [1.82, 2.24) is 19.4 Å². The first kappa shape index (κ1) is 44.1. The second-order valence-corrected chi connectivity index (χ2v) is 15.3. The van der Waals surface area contributed by atoms with Gasteiger partial charge < -0.3 is 28.1 Å². The van der Waals surface area contributed by atoms with E-state index < -0.39 is 35.5 Å². The highest BCUT2D eigenvalue weighted by molar-refractivity contribution is 6.07. The molecule has 17 heteroatoms. The van der Waals surface area contributed by atoms with Crippen LogP contribution in [0.2, 0.25) is 0 Å². The molecule has 3 amide bonds. The molecule has 1 aliphatic rings. The predicted octanol–water partition coefficient (Wildman–Crippen LogP) is 7.24. The smallest absolute Gasteiger partial charge is 0.473 e. The summed E-state index contributed by atoms with van der Waals surface area (Å²) >= 11 is 0. The molecule has 57 heavy (non-hydrogen) atoms. The number of amidine groups is 2. The van der Waals surface area contributed by atoms with E-state index >= 15 is 0 Å². The molecule has 0 bridgehead atoms. The fourth-order valence-corrected chi connectivity index (χ4v) is 5.48. The molecule has 0 fully saturated rings. The van der Waals surface area contributed by atoms with Crippen LogP contribution in [0.1, 0.15) is 84.8 Å². The van der Waals surface area contributed by atoms with Gasteiger partial charge in [0.2, 0.25) is 5.62 Å². The summed E-state index contributed by atoms with van der Waals surface area (Å²) in [6.07, 6.45) is -0.154.